The zero-order valence-corrected chi connectivity index (χ0v) is 12.2. The molecule has 0 unspecified atom stereocenters. The molecule has 0 aromatic carbocycles. The molecule has 1 saturated carbocycles. The van der Waals surface area contributed by atoms with Gasteiger partial charge >= 0.3 is 0 Å². The fourth-order valence-corrected chi connectivity index (χ4v) is 4.46. The van der Waals surface area contributed by atoms with E-state index in [1.54, 1.807) is 0 Å². The first-order valence-electron chi connectivity index (χ1n) is 7.08. The molecular weight excluding hydrogens is 248 g/mol. The summed E-state index contributed by atoms with van der Waals surface area (Å²) in [4.78, 5) is 2.31. The minimum atomic E-state index is -2.76. The van der Waals surface area contributed by atoms with Crippen LogP contribution < -0.4 is 5.73 Å². The Morgan fingerprint density at radius 3 is 2.28 bits per heavy atom. The summed E-state index contributed by atoms with van der Waals surface area (Å²) in [7, 11) is -2.76. The summed E-state index contributed by atoms with van der Waals surface area (Å²) in [6.45, 7) is 5.43. The van der Waals surface area contributed by atoms with E-state index < -0.39 is 9.84 Å². The van der Waals surface area contributed by atoms with Crippen LogP contribution in [0.15, 0.2) is 0 Å². The maximum atomic E-state index is 11.4. The topological polar surface area (TPSA) is 63.4 Å². The van der Waals surface area contributed by atoms with E-state index in [-0.39, 0.29) is 5.41 Å². The van der Waals surface area contributed by atoms with Crippen LogP contribution in [0.5, 0.6) is 0 Å². The Balaban J connectivity index is 1.91. The van der Waals surface area contributed by atoms with Crippen LogP contribution in [0, 0.1) is 11.3 Å². The van der Waals surface area contributed by atoms with Crippen LogP contribution in [0.1, 0.15) is 32.6 Å². The molecule has 0 atom stereocenters. The van der Waals surface area contributed by atoms with Crippen molar-refractivity contribution in [2.75, 3.05) is 37.7 Å². The second-order valence-corrected chi connectivity index (χ2v) is 8.62. The lowest BCUT2D eigenvalue weighted by molar-refractivity contribution is 0.0994. The normalized spacial score (nSPS) is 37.6. The van der Waals surface area contributed by atoms with Crippen molar-refractivity contribution in [3.05, 3.63) is 0 Å². The fourth-order valence-electron chi connectivity index (χ4n) is 3.18. The molecule has 18 heavy (non-hydrogen) atoms. The summed E-state index contributed by atoms with van der Waals surface area (Å²) >= 11 is 0. The highest BCUT2D eigenvalue weighted by Crippen LogP contribution is 2.38. The van der Waals surface area contributed by atoms with Crippen LogP contribution in [-0.4, -0.2) is 51.0 Å². The fraction of sp³-hybridized carbons (Fsp3) is 1.00. The lowest BCUT2D eigenvalue weighted by atomic mass is 9.70. The lowest BCUT2D eigenvalue weighted by Gasteiger charge is -2.43. The molecule has 4 nitrogen and oxygen atoms in total. The Hall–Kier alpha value is -0.130. The van der Waals surface area contributed by atoms with Gasteiger partial charge in [-0.05, 0) is 30.7 Å². The molecule has 106 valence electrons. The number of hydrogen-bond donors (Lipinski definition) is 1. The molecule has 1 saturated heterocycles. The van der Waals surface area contributed by atoms with Gasteiger partial charge in [-0.25, -0.2) is 8.42 Å². The summed E-state index contributed by atoms with van der Waals surface area (Å²) in [6, 6.07) is 0. The molecule has 0 spiro atoms. The summed E-state index contributed by atoms with van der Waals surface area (Å²) in [5.74, 6) is 1.47. The first-order valence-corrected chi connectivity index (χ1v) is 8.90. The lowest BCUT2D eigenvalue weighted by Crippen LogP contribution is -2.49. The van der Waals surface area contributed by atoms with E-state index in [0.717, 1.165) is 19.0 Å². The summed E-state index contributed by atoms with van der Waals surface area (Å²) in [5, 5.41) is 0. The second kappa shape index (κ2) is 5.47. The van der Waals surface area contributed by atoms with E-state index in [2.05, 4.69) is 11.8 Å². The number of nitrogens with zero attached hydrogens (tertiary/aromatic N) is 1. The number of hydrogen-bond acceptors (Lipinski definition) is 4. The Kier molecular flexibility index (Phi) is 4.34. The van der Waals surface area contributed by atoms with E-state index in [1.165, 1.54) is 25.7 Å². The highest BCUT2D eigenvalue weighted by Gasteiger charge is 2.35. The van der Waals surface area contributed by atoms with Crippen LogP contribution in [0.2, 0.25) is 0 Å². The highest BCUT2D eigenvalue weighted by atomic mass is 32.2. The zero-order valence-electron chi connectivity index (χ0n) is 11.4. The van der Waals surface area contributed by atoms with Gasteiger partial charge in [0.25, 0.3) is 0 Å². The van der Waals surface area contributed by atoms with E-state index in [1.807, 2.05) is 0 Å². The monoisotopic (exact) mass is 274 g/mol. The number of rotatable bonds is 3. The van der Waals surface area contributed by atoms with Gasteiger partial charge in [0, 0.05) is 19.6 Å². The van der Waals surface area contributed by atoms with Crippen molar-refractivity contribution in [3.8, 4) is 0 Å². The Bertz CT molecular complexity index is 358. The number of nitrogens with two attached hydrogens (primary N) is 1. The van der Waals surface area contributed by atoms with Crippen molar-refractivity contribution in [3.63, 3.8) is 0 Å². The van der Waals surface area contributed by atoms with E-state index >= 15 is 0 Å². The summed E-state index contributed by atoms with van der Waals surface area (Å²) in [5.41, 5.74) is 6.25. The average Bonchev–Trinajstić information content (AvgIpc) is 2.35. The highest BCUT2D eigenvalue weighted by molar-refractivity contribution is 7.91. The summed E-state index contributed by atoms with van der Waals surface area (Å²) < 4.78 is 22.9. The first kappa shape index (κ1) is 14.3. The second-order valence-electron chi connectivity index (χ2n) is 6.31. The minimum absolute atomic E-state index is 0.244. The van der Waals surface area contributed by atoms with Gasteiger partial charge in [-0.1, -0.05) is 19.8 Å². The van der Waals surface area contributed by atoms with E-state index in [0.29, 0.717) is 24.6 Å². The van der Waals surface area contributed by atoms with Crippen molar-refractivity contribution in [1.29, 1.82) is 0 Å². The molecule has 2 rings (SSSR count). The van der Waals surface area contributed by atoms with Crippen LogP contribution in [0.3, 0.4) is 0 Å². The molecule has 0 bridgehead atoms. The average molecular weight is 274 g/mol. The molecule has 0 aromatic rings. The Morgan fingerprint density at radius 2 is 1.78 bits per heavy atom. The molecular formula is C13H26N2O2S. The quantitative estimate of drug-likeness (QED) is 0.829. The summed E-state index contributed by atoms with van der Waals surface area (Å²) in [6.07, 6.45) is 4.94. The van der Waals surface area contributed by atoms with Crippen molar-refractivity contribution in [1.82, 2.24) is 4.90 Å². The van der Waals surface area contributed by atoms with Crippen LogP contribution in [0.4, 0.5) is 0 Å². The predicted molar refractivity (Wildman–Crippen MR) is 74.2 cm³/mol. The first-order chi connectivity index (χ1) is 8.45. The molecule has 0 aromatic heterocycles. The Labute approximate surface area is 111 Å². The van der Waals surface area contributed by atoms with Crippen LogP contribution >= 0.6 is 0 Å². The predicted octanol–water partition coefficient (Wildman–Crippen LogP) is 0.872. The van der Waals surface area contributed by atoms with E-state index in [9.17, 15) is 8.42 Å². The molecule has 2 aliphatic rings. The van der Waals surface area contributed by atoms with Crippen LogP contribution in [-0.2, 0) is 9.84 Å². The van der Waals surface area contributed by atoms with Gasteiger partial charge in [0.2, 0.25) is 0 Å². The molecule has 2 N–H and O–H groups in total. The molecule has 5 heteroatoms. The maximum Gasteiger partial charge on any atom is 0.152 e. The molecule has 0 amide bonds. The smallest absolute Gasteiger partial charge is 0.152 e. The van der Waals surface area contributed by atoms with Crippen molar-refractivity contribution < 1.29 is 8.42 Å². The van der Waals surface area contributed by atoms with Crippen LogP contribution in [0.25, 0.3) is 0 Å². The molecule has 1 aliphatic heterocycles. The van der Waals surface area contributed by atoms with Gasteiger partial charge in [0.1, 0.15) is 0 Å². The van der Waals surface area contributed by atoms with Gasteiger partial charge in [0.05, 0.1) is 11.5 Å². The molecule has 1 aliphatic carbocycles. The van der Waals surface area contributed by atoms with Crippen molar-refractivity contribution in [2.45, 2.75) is 32.6 Å². The SMILES string of the molecule is CC1CCC(CN)(CN2CCS(=O)(=O)CC2)CC1. The number of sulfone groups is 1. The molecule has 0 radical (unpaired) electrons. The zero-order chi connectivity index (χ0) is 13.2. The van der Waals surface area contributed by atoms with Crippen molar-refractivity contribution >= 4 is 9.84 Å². The third-order valence-corrected chi connectivity index (χ3v) is 6.37. The minimum Gasteiger partial charge on any atom is -0.330 e. The van der Waals surface area contributed by atoms with Gasteiger partial charge in [-0.15, -0.1) is 0 Å². The van der Waals surface area contributed by atoms with E-state index in [4.69, 9.17) is 5.73 Å². The maximum absolute atomic E-state index is 11.4. The third-order valence-electron chi connectivity index (χ3n) is 4.76. The van der Waals surface area contributed by atoms with Gasteiger partial charge in [-0.3, -0.25) is 0 Å². The van der Waals surface area contributed by atoms with Gasteiger partial charge in [0.15, 0.2) is 9.84 Å². The van der Waals surface area contributed by atoms with Crippen molar-refractivity contribution in [2.24, 2.45) is 17.1 Å². The van der Waals surface area contributed by atoms with Gasteiger partial charge in [-0.2, -0.15) is 0 Å². The third kappa shape index (κ3) is 3.45. The molecule has 1 heterocycles. The van der Waals surface area contributed by atoms with Gasteiger partial charge < -0.3 is 10.6 Å². The largest absolute Gasteiger partial charge is 0.330 e. The Morgan fingerprint density at radius 1 is 1.22 bits per heavy atom. The standard InChI is InChI=1S/C13H26N2O2S/c1-12-2-4-13(10-14,5-3-12)11-15-6-8-18(16,17)9-7-15/h12H,2-11,14H2,1H3. The molecule has 2 fully saturated rings.